The number of Topliss-reactive ketones (excluding diaryl/α,β-unsaturated/α-hetero) is 1. The fourth-order valence-corrected chi connectivity index (χ4v) is 3.94. The fourth-order valence-electron chi connectivity index (χ4n) is 3.94. The van der Waals surface area contributed by atoms with E-state index in [0.29, 0.717) is 32.5 Å². The van der Waals surface area contributed by atoms with E-state index in [0.717, 1.165) is 5.56 Å². The molecule has 2 saturated heterocycles. The average Bonchev–Trinajstić information content (AvgIpc) is 2.79. The van der Waals surface area contributed by atoms with Gasteiger partial charge in [-0.15, -0.1) is 0 Å². The molecule has 0 radical (unpaired) electrons. The van der Waals surface area contributed by atoms with E-state index in [-0.39, 0.29) is 31.6 Å². The number of hydrogen-bond acceptors (Lipinski definition) is 6. The van der Waals surface area contributed by atoms with E-state index in [1.54, 1.807) is 4.90 Å². The fraction of sp³-hybridized carbons (Fsp3) is 0.500. The number of aliphatic carboxylic acids is 1. The number of carbonyl (C=O) groups excluding carboxylic acids is 4. The van der Waals surface area contributed by atoms with Gasteiger partial charge >= 0.3 is 12.1 Å². The number of rotatable bonds is 7. The van der Waals surface area contributed by atoms with Gasteiger partial charge in [0.05, 0.1) is 0 Å². The number of ether oxygens (including phenoxy) is 1. The van der Waals surface area contributed by atoms with Gasteiger partial charge in [0.2, 0.25) is 11.8 Å². The van der Waals surface area contributed by atoms with Crippen molar-refractivity contribution in [2.24, 2.45) is 11.8 Å². The predicted molar refractivity (Wildman–Crippen MR) is 111 cm³/mol. The summed E-state index contributed by atoms with van der Waals surface area (Å²) in [7, 11) is 0. The topological polar surface area (TPSA) is 133 Å². The number of amides is 3. The highest BCUT2D eigenvalue weighted by Crippen LogP contribution is 2.23. The number of carboxylic acids is 1. The van der Waals surface area contributed by atoms with Crippen LogP contribution in [0.25, 0.3) is 0 Å². The number of hydrogen-bond donors (Lipinski definition) is 2. The molecule has 0 aliphatic carbocycles. The van der Waals surface area contributed by atoms with Crippen LogP contribution < -0.4 is 5.32 Å². The maximum atomic E-state index is 12.7. The Morgan fingerprint density at radius 2 is 1.75 bits per heavy atom. The van der Waals surface area contributed by atoms with Gasteiger partial charge < -0.3 is 25.0 Å². The Morgan fingerprint density at radius 1 is 1.06 bits per heavy atom. The summed E-state index contributed by atoms with van der Waals surface area (Å²) in [5.41, 5.74) is 0.913. The smallest absolute Gasteiger partial charge is 0.410 e. The van der Waals surface area contributed by atoms with Crippen molar-refractivity contribution >= 4 is 29.7 Å². The van der Waals surface area contributed by atoms with E-state index < -0.39 is 36.0 Å². The van der Waals surface area contributed by atoms with Gasteiger partial charge in [0.15, 0.2) is 11.7 Å². The summed E-state index contributed by atoms with van der Waals surface area (Å²) < 4.78 is 5.36. The van der Waals surface area contributed by atoms with Gasteiger partial charge in [-0.05, 0) is 24.3 Å². The van der Waals surface area contributed by atoms with Gasteiger partial charge in [-0.25, -0.2) is 4.79 Å². The van der Waals surface area contributed by atoms with Gasteiger partial charge in [0.1, 0.15) is 13.2 Å². The summed E-state index contributed by atoms with van der Waals surface area (Å²) >= 11 is 0. The van der Waals surface area contributed by atoms with Crippen molar-refractivity contribution in [3.8, 4) is 0 Å². The van der Waals surface area contributed by atoms with Crippen LogP contribution in [0.2, 0.25) is 0 Å². The highest BCUT2D eigenvalue weighted by atomic mass is 16.6. The molecule has 2 heterocycles. The number of benzene rings is 1. The zero-order valence-electron chi connectivity index (χ0n) is 17.7. The SMILES string of the molecule is O=C(O)CNC(=O)C1C(=O)CCN(CC2CCN(C(=O)OCc3ccccc3)CC2)C1=O. The number of ketones is 1. The van der Waals surface area contributed by atoms with Crippen molar-refractivity contribution < 1.29 is 33.8 Å². The van der Waals surface area contributed by atoms with E-state index in [2.05, 4.69) is 5.32 Å². The van der Waals surface area contributed by atoms with Crippen LogP contribution in [0.5, 0.6) is 0 Å². The monoisotopic (exact) mass is 445 g/mol. The van der Waals surface area contributed by atoms with Crippen molar-refractivity contribution in [2.45, 2.75) is 25.9 Å². The Bertz CT molecular complexity index is 866. The minimum absolute atomic E-state index is 0.0571. The van der Waals surface area contributed by atoms with E-state index in [9.17, 15) is 24.0 Å². The molecule has 0 spiro atoms. The van der Waals surface area contributed by atoms with Gasteiger partial charge in [-0.2, -0.15) is 0 Å². The molecule has 10 nitrogen and oxygen atoms in total. The third kappa shape index (κ3) is 6.05. The highest BCUT2D eigenvalue weighted by Gasteiger charge is 2.41. The molecule has 3 amide bonds. The molecule has 0 aromatic heterocycles. The summed E-state index contributed by atoms with van der Waals surface area (Å²) in [6.45, 7) is 1.20. The van der Waals surface area contributed by atoms with Crippen molar-refractivity contribution in [3.05, 3.63) is 35.9 Å². The molecule has 1 atom stereocenters. The molecule has 1 aromatic rings. The Balaban J connectivity index is 1.46. The van der Waals surface area contributed by atoms with Crippen LogP contribution in [0.1, 0.15) is 24.8 Å². The van der Waals surface area contributed by atoms with Gasteiger partial charge in [-0.1, -0.05) is 30.3 Å². The zero-order chi connectivity index (χ0) is 23.1. The molecule has 2 N–H and O–H groups in total. The molecule has 3 rings (SSSR count). The quantitative estimate of drug-likeness (QED) is 0.589. The molecule has 1 aromatic carbocycles. The summed E-state index contributed by atoms with van der Waals surface area (Å²) in [5, 5.41) is 10.8. The lowest BCUT2D eigenvalue weighted by Gasteiger charge is -2.37. The largest absolute Gasteiger partial charge is 0.480 e. The van der Waals surface area contributed by atoms with Crippen molar-refractivity contribution in [1.29, 1.82) is 0 Å². The van der Waals surface area contributed by atoms with Gasteiger partial charge in [0, 0.05) is 32.6 Å². The Labute approximate surface area is 185 Å². The van der Waals surface area contributed by atoms with Gasteiger partial charge in [0.25, 0.3) is 0 Å². The first-order chi connectivity index (χ1) is 15.3. The Hall–Kier alpha value is -3.43. The number of nitrogens with zero attached hydrogens (tertiary/aromatic N) is 2. The van der Waals surface area contributed by atoms with E-state index in [4.69, 9.17) is 9.84 Å². The number of likely N-dealkylation sites (tertiary alicyclic amines) is 2. The normalized spacial score (nSPS) is 19.6. The molecule has 10 heteroatoms. The Morgan fingerprint density at radius 3 is 2.41 bits per heavy atom. The number of piperidine rings is 2. The van der Waals surface area contributed by atoms with Crippen molar-refractivity contribution in [1.82, 2.24) is 15.1 Å². The minimum atomic E-state index is -1.49. The second kappa shape index (κ2) is 10.7. The van der Waals surface area contributed by atoms with Crippen LogP contribution in [-0.4, -0.2) is 77.3 Å². The third-order valence-corrected chi connectivity index (χ3v) is 5.74. The van der Waals surface area contributed by atoms with E-state index in [1.165, 1.54) is 4.90 Å². The Kier molecular flexibility index (Phi) is 7.80. The maximum Gasteiger partial charge on any atom is 0.410 e. The van der Waals surface area contributed by atoms with Crippen molar-refractivity contribution in [3.63, 3.8) is 0 Å². The van der Waals surface area contributed by atoms with Crippen LogP contribution in [0.4, 0.5) is 4.79 Å². The van der Waals surface area contributed by atoms with Crippen LogP contribution in [0.15, 0.2) is 30.3 Å². The summed E-state index contributed by atoms with van der Waals surface area (Å²) in [6, 6.07) is 9.42. The van der Waals surface area contributed by atoms with Crippen LogP contribution in [0, 0.1) is 11.8 Å². The first kappa shape index (κ1) is 23.2. The van der Waals surface area contributed by atoms with E-state index >= 15 is 0 Å². The summed E-state index contributed by atoms with van der Waals surface area (Å²) in [6.07, 6.45) is 1.03. The first-order valence-corrected chi connectivity index (χ1v) is 10.6. The number of nitrogens with one attached hydrogen (secondary N) is 1. The lowest BCUT2D eigenvalue weighted by atomic mass is 9.91. The molecular weight excluding hydrogens is 418 g/mol. The molecule has 0 saturated carbocycles. The first-order valence-electron chi connectivity index (χ1n) is 10.6. The van der Waals surface area contributed by atoms with Gasteiger partial charge in [-0.3, -0.25) is 19.2 Å². The molecule has 1 unspecified atom stereocenters. The molecule has 2 fully saturated rings. The standard InChI is InChI=1S/C22H27N3O7/c26-17-8-11-25(21(30)19(17)20(29)23-12-18(27)28)13-15-6-9-24(10-7-15)22(31)32-14-16-4-2-1-3-5-16/h1-5,15,19H,6-14H2,(H,23,29)(H,27,28). The zero-order valence-corrected chi connectivity index (χ0v) is 17.7. The summed E-state index contributed by atoms with van der Waals surface area (Å²) in [5.74, 6) is -4.56. The molecule has 2 aliphatic heterocycles. The number of carbonyl (C=O) groups is 5. The van der Waals surface area contributed by atoms with Crippen molar-refractivity contribution in [2.75, 3.05) is 32.7 Å². The van der Waals surface area contributed by atoms with Crippen LogP contribution in [-0.2, 0) is 30.5 Å². The second-order valence-electron chi connectivity index (χ2n) is 8.02. The summed E-state index contributed by atoms with van der Waals surface area (Å²) in [4.78, 5) is 63.0. The third-order valence-electron chi connectivity index (χ3n) is 5.74. The second-order valence-corrected chi connectivity index (χ2v) is 8.02. The average molecular weight is 445 g/mol. The number of carboxylic acid groups (broad SMARTS) is 1. The van der Waals surface area contributed by atoms with Crippen LogP contribution in [0.3, 0.4) is 0 Å². The van der Waals surface area contributed by atoms with E-state index in [1.807, 2.05) is 30.3 Å². The molecular formula is C22H27N3O7. The predicted octanol–water partition coefficient (Wildman–Crippen LogP) is 0.654. The molecule has 0 bridgehead atoms. The lowest BCUT2D eigenvalue weighted by molar-refractivity contribution is -0.152. The lowest BCUT2D eigenvalue weighted by Crippen LogP contribution is -2.54. The molecule has 172 valence electrons. The minimum Gasteiger partial charge on any atom is -0.480 e. The van der Waals surface area contributed by atoms with Crippen LogP contribution >= 0.6 is 0 Å². The molecule has 32 heavy (non-hydrogen) atoms. The highest BCUT2D eigenvalue weighted by molar-refractivity contribution is 6.19. The maximum absolute atomic E-state index is 12.7. The molecule has 2 aliphatic rings.